The molecule has 40 heavy (non-hydrogen) atoms. The molecule has 1 aliphatic rings. The largest absolute Gasteiger partial charge is 0.489 e. The van der Waals surface area contributed by atoms with Crippen molar-refractivity contribution in [3.8, 4) is 16.9 Å². The van der Waals surface area contributed by atoms with Crippen LogP contribution in [-0.4, -0.2) is 72.3 Å². The van der Waals surface area contributed by atoms with E-state index in [1.54, 1.807) is 18.9 Å². The number of aliphatic carboxylic acids is 1. The lowest BCUT2D eigenvalue weighted by Gasteiger charge is -2.24. The molecule has 3 aromatic rings. The Morgan fingerprint density at radius 2 is 1.82 bits per heavy atom. The van der Waals surface area contributed by atoms with Crippen LogP contribution >= 0.6 is 11.8 Å². The molecule has 4 rings (SSSR count). The molecule has 3 atom stereocenters. The molecule has 1 fully saturated rings. The van der Waals surface area contributed by atoms with Crippen LogP contribution in [0.4, 0.5) is 0 Å². The van der Waals surface area contributed by atoms with Gasteiger partial charge in [0, 0.05) is 38.2 Å². The van der Waals surface area contributed by atoms with Crippen LogP contribution in [0.1, 0.15) is 34.3 Å². The Morgan fingerprint density at radius 3 is 2.52 bits per heavy atom. The Balaban J connectivity index is 1.59. The van der Waals surface area contributed by atoms with Gasteiger partial charge in [0.2, 0.25) is 0 Å². The van der Waals surface area contributed by atoms with Crippen LogP contribution in [0.2, 0.25) is 0 Å². The zero-order valence-electron chi connectivity index (χ0n) is 23.3. The van der Waals surface area contributed by atoms with Crippen molar-refractivity contribution >= 4 is 23.6 Å². The maximum atomic E-state index is 13.4. The summed E-state index contributed by atoms with van der Waals surface area (Å²) in [6.07, 6.45) is 3.20. The summed E-state index contributed by atoms with van der Waals surface area (Å²) < 4.78 is 11.8. The first kappa shape index (κ1) is 29.6. The lowest BCUT2D eigenvalue weighted by molar-refractivity contribution is -0.139. The number of para-hydroxylation sites is 1. The minimum absolute atomic E-state index is 0.0534. The monoisotopic (exact) mass is 562 g/mol. The van der Waals surface area contributed by atoms with Gasteiger partial charge in [-0.15, -0.1) is 0 Å². The maximum absolute atomic E-state index is 13.4. The Morgan fingerprint density at radius 1 is 1.07 bits per heavy atom. The van der Waals surface area contributed by atoms with Gasteiger partial charge in [-0.1, -0.05) is 48.5 Å². The number of methoxy groups -OCH3 is 1. The van der Waals surface area contributed by atoms with E-state index in [0.717, 1.165) is 41.0 Å². The summed E-state index contributed by atoms with van der Waals surface area (Å²) in [5.41, 5.74) is 4.31. The van der Waals surface area contributed by atoms with E-state index >= 15 is 0 Å². The number of nitrogens with zero attached hydrogens (tertiary/aromatic N) is 1. The third kappa shape index (κ3) is 7.65. The van der Waals surface area contributed by atoms with E-state index in [4.69, 9.17) is 9.47 Å². The second kappa shape index (κ2) is 14.3. The van der Waals surface area contributed by atoms with Crippen molar-refractivity contribution in [1.29, 1.82) is 0 Å². The first-order valence-electron chi connectivity index (χ1n) is 13.6. The molecule has 0 aromatic heterocycles. The quantitative estimate of drug-likeness (QED) is 0.294. The van der Waals surface area contributed by atoms with Crippen LogP contribution in [0.3, 0.4) is 0 Å². The van der Waals surface area contributed by atoms with Crippen molar-refractivity contribution in [2.24, 2.45) is 0 Å². The Labute approximate surface area is 240 Å². The Bertz CT molecular complexity index is 1290. The number of benzene rings is 3. The van der Waals surface area contributed by atoms with Crippen LogP contribution in [0.5, 0.6) is 5.75 Å². The highest BCUT2D eigenvalue weighted by Crippen LogP contribution is 2.31. The predicted octanol–water partition coefficient (Wildman–Crippen LogP) is 5.27. The molecule has 0 aliphatic carbocycles. The fourth-order valence-corrected chi connectivity index (χ4v) is 5.69. The number of carboxylic acid groups (broad SMARTS) is 1. The van der Waals surface area contributed by atoms with Crippen LogP contribution in [0.25, 0.3) is 11.1 Å². The van der Waals surface area contributed by atoms with E-state index < -0.39 is 12.0 Å². The average molecular weight is 563 g/mol. The number of thioether (sulfide) groups is 1. The molecule has 1 unspecified atom stereocenters. The van der Waals surface area contributed by atoms with Crippen LogP contribution in [-0.2, 0) is 16.1 Å². The highest BCUT2D eigenvalue weighted by molar-refractivity contribution is 7.98. The van der Waals surface area contributed by atoms with Crippen molar-refractivity contribution in [3.05, 3.63) is 89.5 Å². The number of rotatable bonds is 13. The fourth-order valence-electron chi connectivity index (χ4n) is 5.22. The van der Waals surface area contributed by atoms with E-state index in [-0.39, 0.29) is 18.1 Å². The van der Waals surface area contributed by atoms with Gasteiger partial charge in [-0.05, 0) is 71.9 Å². The molecule has 0 spiro atoms. The number of hydrogen-bond donors (Lipinski definition) is 2. The summed E-state index contributed by atoms with van der Waals surface area (Å²) in [4.78, 5) is 27.6. The van der Waals surface area contributed by atoms with Crippen LogP contribution in [0, 0.1) is 6.92 Å². The van der Waals surface area contributed by atoms with Gasteiger partial charge < -0.3 is 19.9 Å². The van der Waals surface area contributed by atoms with Gasteiger partial charge in [-0.25, -0.2) is 4.79 Å². The number of carbonyl (C=O) groups is 2. The molecule has 1 aliphatic heterocycles. The van der Waals surface area contributed by atoms with E-state index in [9.17, 15) is 14.7 Å². The molecule has 3 aromatic carbocycles. The average Bonchev–Trinajstić information content (AvgIpc) is 3.31. The molecule has 7 nitrogen and oxygen atoms in total. The Hall–Kier alpha value is -3.33. The topological polar surface area (TPSA) is 88.1 Å². The lowest BCUT2D eigenvalue weighted by Crippen LogP contribution is -2.41. The van der Waals surface area contributed by atoms with Crippen molar-refractivity contribution in [2.45, 2.75) is 44.5 Å². The minimum Gasteiger partial charge on any atom is -0.489 e. The molecule has 8 heteroatoms. The third-order valence-electron chi connectivity index (χ3n) is 7.26. The lowest BCUT2D eigenvalue weighted by atomic mass is 9.93. The summed E-state index contributed by atoms with van der Waals surface area (Å²) >= 11 is 1.56. The normalized spacial score (nSPS) is 17.9. The van der Waals surface area contributed by atoms with Gasteiger partial charge in [0.25, 0.3) is 5.91 Å². The molecular formula is C32H38N2O5S. The Kier molecular flexibility index (Phi) is 10.6. The molecule has 212 valence electrons. The van der Waals surface area contributed by atoms with Crippen molar-refractivity contribution in [2.75, 3.05) is 32.3 Å². The molecule has 1 heterocycles. The predicted molar refractivity (Wildman–Crippen MR) is 160 cm³/mol. The second-order valence-electron chi connectivity index (χ2n) is 10.2. The molecule has 0 radical (unpaired) electrons. The van der Waals surface area contributed by atoms with Gasteiger partial charge in [-0.3, -0.25) is 9.69 Å². The van der Waals surface area contributed by atoms with Gasteiger partial charge in [0.1, 0.15) is 17.9 Å². The fraction of sp³-hybridized carbons (Fsp3) is 0.375. The number of ether oxygens (including phenoxy) is 2. The van der Waals surface area contributed by atoms with Crippen molar-refractivity contribution in [3.63, 3.8) is 0 Å². The number of carbonyl (C=O) groups excluding carboxylic acids is 1. The van der Waals surface area contributed by atoms with Crippen LogP contribution < -0.4 is 10.1 Å². The molecule has 1 saturated heterocycles. The molecule has 1 amide bonds. The van der Waals surface area contributed by atoms with Gasteiger partial charge >= 0.3 is 5.97 Å². The second-order valence-corrected chi connectivity index (χ2v) is 11.2. The number of nitrogens with one attached hydrogen (secondary N) is 1. The number of likely N-dealkylation sites (tertiary alicyclic amines) is 1. The summed E-state index contributed by atoms with van der Waals surface area (Å²) in [5, 5.41) is 12.4. The molecule has 0 saturated carbocycles. The smallest absolute Gasteiger partial charge is 0.326 e. The van der Waals surface area contributed by atoms with Gasteiger partial charge in [0.05, 0.1) is 6.61 Å². The zero-order valence-corrected chi connectivity index (χ0v) is 24.2. The van der Waals surface area contributed by atoms with Crippen molar-refractivity contribution < 1.29 is 24.2 Å². The standard InChI is InChI=1S/C32H38N2O5S/c1-22-9-7-8-12-27(22)29-17-23(13-14-28(29)31(35)33-30(32(36)37)15-16-40-3)19-34-20-26(18-24(34)21-38-2)39-25-10-5-4-6-11-25/h4-14,17,24,26,30H,15-16,18-21H2,1-3H3,(H,33,35)(H,36,37)/t24?,26-,30-/m0/s1. The zero-order chi connectivity index (χ0) is 28.5. The van der Waals surface area contributed by atoms with Crippen molar-refractivity contribution in [1.82, 2.24) is 10.2 Å². The summed E-state index contributed by atoms with van der Waals surface area (Å²) in [5.74, 6) is 0.101. The van der Waals surface area contributed by atoms with Gasteiger partial charge in [0.15, 0.2) is 0 Å². The summed E-state index contributed by atoms with van der Waals surface area (Å²) in [7, 11) is 1.72. The number of hydrogen-bond acceptors (Lipinski definition) is 6. The maximum Gasteiger partial charge on any atom is 0.326 e. The van der Waals surface area contributed by atoms with E-state index in [2.05, 4.69) is 16.3 Å². The highest BCUT2D eigenvalue weighted by atomic mass is 32.2. The van der Waals surface area contributed by atoms with E-state index in [1.807, 2.05) is 79.9 Å². The van der Waals surface area contributed by atoms with E-state index in [1.165, 1.54) is 0 Å². The summed E-state index contributed by atoms with van der Waals surface area (Å²) in [6.45, 7) is 4.06. The summed E-state index contributed by atoms with van der Waals surface area (Å²) in [6, 6.07) is 22.9. The molecule has 0 bridgehead atoms. The third-order valence-corrected chi connectivity index (χ3v) is 7.90. The number of carboxylic acids is 1. The van der Waals surface area contributed by atoms with Gasteiger partial charge in [-0.2, -0.15) is 11.8 Å². The first-order chi connectivity index (χ1) is 19.4. The van der Waals surface area contributed by atoms with E-state index in [0.29, 0.717) is 30.9 Å². The van der Waals surface area contributed by atoms with Crippen LogP contribution in [0.15, 0.2) is 72.8 Å². The molecule has 2 N–H and O–H groups in total. The minimum atomic E-state index is -1.03. The first-order valence-corrected chi connectivity index (χ1v) is 14.9. The molecular weight excluding hydrogens is 524 g/mol. The number of amides is 1. The SMILES string of the molecule is COCC1C[C@H](Oc2ccccc2)CN1Cc1ccc(C(=O)N[C@@H](CCSC)C(=O)O)c(-c2ccccc2C)c1. The number of aryl methyl sites for hydroxylation is 1. The highest BCUT2D eigenvalue weighted by Gasteiger charge is 2.33.